The summed E-state index contributed by atoms with van der Waals surface area (Å²) in [6, 6.07) is 6.85. The number of aryl methyl sites for hydroxylation is 1. The molecule has 20 heavy (non-hydrogen) atoms. The van der Waals surface area contributed by atoms with Crippen molar-refractivity contribution >= 4 is 17.3 Å². The first kappa shape index (κ1) is 12.8. The van der Waals surface area contributed by atoms with Crippen molar-refractivity contribution < 1.29 is 4.39 Å². The first-order valence-corrected chi connectivity index (χ1v) is 6.83. The molecular formula is C15H17FN4. The minimum absolute atomic E-state index is 0.214. The molecule has 0 spiro atoms. The zero-order chi connectivity index (χ0) is 14.1. The topological polar surface area (TPSA) is 41.1 Å². The number of rotatable bonds is 3. The smallest absolute Gasteiger partial charge is 0.138 e. The minimum Gasteiger partial charge on any atom is -0.373 e. The van der Waals surface area contributed by atoms with Gasteiger partial charge in [-0.05, 0) is 24.1 Å². The number of aromatic nitrogens is 2. The highest BCUT2D eigenvalue weighted by atomic mass is 19.1. The summed E-state index contributed by atoms with van der Waals surface area (Å²) in [6.45, 7) is 2.85. The Balaban J connectivity index is 2.05. The standard InChI is InChI=1S/C15H17FN4/c1-3-13-18-14(17-2)9-15(19-13)20-7-6-10-4-5-11(16)8-12(10)20/h4-5,8-9H,3,6-7H2,1-2H3,(H,17,18,19). The Hall–Kier alpha value is -2.17. The molecule has 2 aromatic rings. The lowest BCUT2D eigenvalue weighted by atomic mass is 10.2. The largest absolute Gasteiger partial charge is 0.373 e. The van der Waals surface area contributed by atoms with E-state index in [0.29, 0.717) is 0 Å². The van der Waals surface area contributed by atoms with Crippen LogP contribution < -0.4 is 10.2 Å². The van der Waals surface area contributed by atoms with Crippen molar-refractivity contribution in [3.05, 3.63) is 41.5 Å². The number of benzene rings is 1. The van der Waals surface area contributed by atoms with Crippen LogP contribution in [0.3, 0.4) is 0 Å². The number of fused-ring (bicyclic) bond motifs is 1. The van der Waals surface area contributed by atoms with Crippen molar-refractivity contribution in [2.75, 3.05) is 23.8 Å². The van der Waals surface area contributed by atoms with Crippen molar-refractivity contribution in [3.63, 3.8) is 0 Å². The number of hydrogen-bond donors (Lipinski definition) is 1. The maximum absolute atomic E-state index is 13.5. The maximum Gasteiger partial charge on any atom is 0.138 e. The molecule has 0 saturated carbocycles. The minimum atomic E-state index is -0.214. The van der Waals surface area contributed by atoms with E-state index in [2.05, 4.69) is 20.2 Å². The normalized spacial score (nSPS) is 13.4. The van der Waals surface area contributed by atoms with Crippen molar-refractivity contribution in [2.45, 2.75) is 19.8 Å². The highest BCUT2D eigenvalue weighted by molar-refractivity contribution is 5.69. The maximum atomic E-state index is 13.5. The zero-order valence-corrected chi connectivity index (χ0v) is 11.7. The van der Waals surface area contributed by atoms with Gasteiger partial charge in [0.2, 0.25) is 0 Å². The predicted molar refractivity (Wildman–Crippen MR) is 78.1 cm³/mol. The average Bonchev–Trinajstić information content (AvgIpc) is 2.89. The molecule has 1 aliphatic rings. The number of nitrogens with one attached hydrogen (secondary N) is 1. The fraction of sp³-hybridized carbons (Fsp3) is 0.333. The van der Waals surface area contributed by atoms with Crippen LogP contribution >= 0.6 is 0 Å². The van der Waals surface area contributed by atoms with Gasteiger partial charge < -0.3 is 10.2 Å². The SMILES string of the molecule is CCc1nc(NC)cc(N2CCc3ccc(F)cc32)n1. The molecule has 5 heteroatoms. The van der Waals surface area contributed by atoms with Gasteiger partial charge in [0.15, 0.2) is 0 Å². The summed E-state index contributed by atoms with van der Waals surface area (Å²) in [6.07, 6.45) is 1.68. The van der Waals surface area contributed by atoms with Gasteiger partial charge in [0.05, 0.1) is 0 Å². The van der Waals surface area contributed by atoms with E-state index in [4.69, 9.17) is 0 Å². The first-order valence-electron chi connectivity index (χ1n) is 6.83. The van der Waals surface area contributed by atoms with Crippen LogP contribution in [0.4, 0.5) is 21.7 Å². The number of anilines is 3. The van der Waals surface area contributed by atoms with Crippen LogP contribution in [0.15, 0.2) is 24.3 Å². The molecule has 1 N–H and O–H groups in total. The Bertz CT molecular complexity index is 620. The Morgan fingerprint density at radius 3 is 2.90 bits per heavy atom. The quantitative estimate of drug-likeness (QED) is 0.932. The lowest BCUT2D eigenvalue weighted by molar-refractivity contribution is 0.628. The third kappa shape index (κ3) is 2.19. The summed E-state index contributed by atoms with van der Waals surface area (Å²) >= 11 is 0. The van der Waals surface area contributed by atoms with E-state index in [-0.39, 0.29) is 5.82 Å². The molecule has 2 heterocycles. The number of hydrogen-bond acceptors (Lipinski definition) is 4. The van der Waals surface area contributed by atoms with E-state index in [1.54, 1.807) is 6.07 Å². The van der Waals surface area contributed by atoms with E-state index in [9.17, 15) is 4.39 Å². The van der Waals surface area contributed by atoms with E-state index >= 15 is 0 Å². The molecule has 0 atom stereocenters. The van der Waals surface area contributed by atoms with Crippen molar-refractivity contribution in [1.82, 2.24) is 9.97 Å². The monoisotopic (exact) mass is 272 g/mol. The highest BCUT2D eigenvalue weighted by Crippen LogP contribution is 2.34. The lowest BCUT2D eigenvalue weighted by Gasteiger charge is -2.19. The molecule has 1 aliphatic heterocycles. The fourth-order valence-corrected chi connectivity index (χ4v) is 2.50. The van der Waals surface area contributed by atoms with Crippen molar-refractivity contribution in [2.24, 2.45) is 0 Å². The molecule has 1 aromatic carbocycles. The molecular weight excluding hydrogens is 255 g/mol. The molecule has 0 bridgehead atoms. The summed E-state index contributed by atoms with van der Waals surface area (Å²) in [5.74, 6) is 2.19. The summed E-state index contributed by atoms with van der Waals surface area (Å²) < 4.78 is 13.5. The van der Waals surface area contributed by atoms with Crippen LogP contribution in [0.25, 0.3) is 0 Å². The molecule has 0 unspecified atom stereocenters. The van der Waals surface area contributed by atoms with Gasteiger partial charge in [-0.2, -0.15) is 0 Å². The van der Waals surface area contributed by atoms with E-state index in [0.717, 1.165) is 48.1 Å². The number of halogens is 1. The molecule has 104 valence electrons. The van der Waals surface area contributed by atoms with Gasteiger partial charge in [0.25, 0.3) is 0 Å². The third-order valence-corrected chi connectivity index (χ3v) is 3.55. The van der Waals surface area contributed by atoms with Gasteiger partial charge in [0, 0.05) is 31.8 Å². The van der Waals surface area contributed by atoms with Crippen LogP contribution in [-0.2, 0) is 12.8 Å². The first-order chi connectivity index (χ1) is 9.71. The molecule has 0 amide bonds. The van der Waals surface area contributed by atoms with Crippen LogP contribution in [0.1, 0.15) is 18.3 Å². The van der Waals surface area contributed by atoms with E-state index < -0.39 is 0 Å². The van der Waals surface area contributed by atoms with Gasteiger partial charge in [0.1, 0.15) is 23.3 Å². The molecule has 0 radical (unpaired) electrons. The lowest BCUT2D eigenvalue weighted by Crippen LogP contribution is -2.16. The molecule has 0 saturated heterocycles. The van der Waals surface area contributed by atoms with E-state index in [1.807, 2.05) is 26.1 Å². The fourth-order valence-electron chi connectivity index (χ4n) is 2.50. The van der Waals surface area contributed by atoms with Crippen LogP contribution in [0, 0.1) is 5.82 Å². The van der Waals surface area contributed by atoms with Crippen LogP contribution in [0.5, 0.6) is 0 Å². The van der Waals surface area contributed by atoms with Gasteiger partial charge in [-0.1, -0.05) is 13.0 Å². The Labute approximate surface area is 117 Å². The summed E-state index contributed by atoms with van der Waals surface area (Å²) in [4.78, 5) is 11.0. The second kappa shape index (κ2) is 5.07. The predicted octanol–water partition coefficient (Wildman–Crippen LogP) is 2.91. The third-order valence-electron chi connectivity index (χ3n) is 3.55. The van der Waals surface area contributed by atoms with Crippen molar-refractivity contribution in [1.29, 1.82) is 0 Å². The zero-order valence-electron chi connectivity index (χ0n) is 11.7. The second-order valence-corrected chi connectivity index (χ2v) is 4.81. The van der Waals surface area contributed by atoms with Gasteiger partial charge in [-0.3, -0.25) is 0 Å². The highest BCUT2D eigenvalue weighted by Gasteiger charge is 2.22. The second-order valence-electron chi connectivity index (χ2n) is 4.81. The van der Waals surface area contributed by atoms with E-state index in [1.165, 1.54) is 6.07 Å². The van der Waals surface area contributed by atoms with Crippen molar-refractivity contribution in [3.8, 4) is 0 Å². The molecule has 4 nitrogen and oxygen atoms in total. The van der Waals surface area contributed by atoms with Gasteiger partial charge in [-0.15, -0.1) is 0 Å². The summed E-state index contributed by atoms with van der Waals surface area (Å²) in [7, 11) is 1.84. The average molecular weight is 272 g/mol. The van der Waals surface area contributed by atoms with Crippen LogP contribution in [0.2, 0.25) is 0 Å². The molecule has 0 fully saturated rings. The number of nitrogens with zero attached hydrogens (tertiary/aromatic N) is 3. The summed E-state index contributed by atoms with van der Waals surface area (Å²) in [5.41, 5.74) is 2.07. The van der Waals surface area contributed by atoms with Crippen LogP contribution in [-0.4, -0.2) is 23.6 Å². The Morgan fingerprint density at radius 1 is 1.30 bits per heavy atom. The molecule has 3 rings (SSSR count). The Kier molecular flexibility index (Phi) is 3.26. The van der Waals surface area contributed by atoms with Gasteiger partial charge >= 0.3 is 0 Å². The molecule has 1 aromatic heterocycles. The molecule has 0 aliphatic carbocycles. The Morgan fingerprint density at radius 2 is 2.15 bits per heavy atom. The summed E-state index contributed by atoms with van der Waals surface area (Å²) in [5, 5.41) is 3.05. The van der Waals surface area contributed by atoms with Gasteiger partial charge in [-0.25, -0.2) is 14.4 Å².